The van der Waals surface area contributed by atoms with Crippen LogP contribution in [-0.2, 0) is 10.9 Å². The molecule has 2 aliphatic heterocycles. The van der Waals surface area contributed by atoms with Gasteiger partial charge in [0, 0.05) is 36.8 Å². The third-order valence-corrected chi connectivity index (χ3v) is 7.15. The lowest BCUT2D eigenvalue weighted by Gasteiger charge is -2.45. The number of rotatable bonds is 4. The van der Waals surface area contributed by atoms with Crippen molar-refractivity contribution in [3.05, 3.63) is 65.9 Å². The fourth-order valence-electron chi connectivity index (χ4n) is 4.91. The highest BCUT2D eigenvalue weighted by Crippen LogP contribution is 2.41. The summed E-state index contributed by atoms with van der Waals surface area (Å²) in [5.74, 6) is 0.231. The van der Waals surface area contributed by atoms with Gasteiger partial charge in [-0.2, -0.15) is 13.2 Å². The molecule has 1 N–H and O–H groups in total. The fourth-order valence-corrected chi connectivity index (χ4v) is 4.91. The average Bonchev–Trinajstić information content (AvgIpc) is 2.88. The van der Waals surface area contributed by atoms with E-state index in [1.54, 1.807) is 0 Å². The molecule has 2 aromatic carbocycles. The molecule has 0 unspecified atom stereocenters. The molecule has 1 amide bonds. The van der Waals surface area contributed by atoms with E-state index in [2.05, 4.69) is 15.2 Å². The Hall–Kier alpha value is -3.20. The van der Waals surface area contributed by atoms with Crippen LogP contribution < -0.4 is 10.2 Å². The van der Waals surface area contributed by atoms with Crippen LogP contribution in [-0.4, -0.2) is 48.2 Å². The lowest BCUT2D eigenvalue weighted by atomic mass is 9.73. The molecule has 1 aromatic heterocycles. The highest BCUT2D eigenvalue weighted by Gasteiger charge is 2.39. The Morgan fingerprint density at radius 2 is 1.91 bits per heavy atom. The second kappa shape index (κ2) is 9.45. The van der Waals surface area contributed by atoms with E-state index in [1.807, 2.05) is 30.5 Å². The minimum Gasteiger partial charge on any atom is -0.376 e. The van der Waals surface area contributed by atoms with E-state index in [-0.39, 0.29) is 23.6 Å². The van der Waals surface area contributed by atoms with E-state index >= 15 is 0 Å². The lowest BCUT2D eigenvalue weighted by molar-refractivity contribution is -0.137. The molecule has 6 nitrogen and oxygen atoms in total. The van der Waals surface area contributed by atoms with Crippen LogP contribution in [0.2, 0.25) is 0 Å². The van der Waals surface area contributed by atoms with Crippen LogP contribution >= 0.6 is 0 Å². The van der Waals surface area contributed by atoms with Gasteiger partial charge in [0.1, 0.15) is 0 Å². The van der Waals surface area contributed by atoms with Gasteiger partial charge in [-0.15, -0.1) is 0 Å². The van der Waals surface area contributed by atoms with Crippen molar-refractivity contribution in [1.29, 1.82) is 0 Å². The number of piperidine rings is 1. The Bertz CT molecular complexity index is 1200. The number of aromatic nitrogens is 2. The molecule has 1 atom stereocenters. The first kappa shape index (κ1) is 23.5. The molecule has 0 saturated carbocycles. The number of carbonyl (C=O) groups is 1. The molecular weight excluding hydrogens is 457 g/mol. The van der Waals surface area contributed by atoms with Crippen molar-refractivity contribution in [2.45, 2.75) is 38.0 Å². The van der Waals surface area contributed by atoms with Crippen molar-refractivity contribution >= 4 is 22.8 Å². The molecule has 3 aromatic rings. The number of amides is 1. The topological polar surface area (TPSA) is 67.4 Å². The Morgan fingerprint density at radius 1 is 1.11 bits per heavy atom. The maximum absolute atomic E-state index is 12.9. The van der Waals surface area contributed by atoms with Crippen molar-refractivity contribution in [3.8, 4) is 0 Å². The monoisotopic (exact) mass is 484 g/mol. The molecule has 2 saturated heterocycles. The number of fused-ring (bicyclic) bond motifs is 1. The van der Waals surface area contributed by atoms with Gasteiger partial charge in [0.25, 0.3) is 5.91 Å². The summed E-state index contributed by atoms with van der Waals surface area (Å²) in [7, 11) is 0. The normalized spacial score (nSPS) is 20.2. The van der Waals surface area contributed by atoms with Gasteiger partial charge >= 0.3 is 6.18 Å². The fraction of sp³-hybridized carbons (Fsp3) is 0.423. The molecule has 5 rings (SSSR count). The van der Waals surface area contributed by atoms with Gasteiger partial charge in [0.15, 0.2) is 0 Å². The van der Waals surface area contributed by atoms with Crippen LogP contribution in [0.5, 0.6) is 0 Å². The molecule has 35 heavy (non-hydrogen) atoms. The van der Waals surface area contributed by atoms with Crippen LogP contribution in [0, 0.1) is 5.41 Å². The summed E-state index contributed by atoms with van der Waals surface area (Å²) in [4.78, 5) is 23.8. The van der Waals surface area contributed by atoms with Crippen LogP contribution in [0.1, 0.15) is 41.6 Å². The zero-order valence-corrected chi connectivity index (χ0v) is 19.2. The first-order valence-electron chi connectivity index (χ1n) is 11.9. The van der Waals surface area contributed by atoms with Crippen LogP contribution in [0.4, 0.5) is 19.1 Å². The molecule has 9 heteroatoms. The maximum Gasteiger partial charge on any atom is 0.416 e. The summed E-state index contributed by atoms with van der Waals surface area (Å²) in [5, 5.41) is 3.75. The van der Waals surface area contributed by atoms with E-state index in [9.17, 15) is 18.0 Å². The number of para-hydroxylation sites is 1. The Kier molecular flexibility index (Phi) is 6.35. The largest absolute Gasteiger partial charge is 0.416 e. The van der Waals surface area contributed by atoms with Gasteiger partial charge < -0.3 is 15.0 Å². The highest BCUT2D eigenvalue weighted by molar-refractivity contribution is 5.94. The van der Waals surface area contributed by atoms with Crippen molar-refractivity contribution in [2.75, 3.05) is 31.1 Å². The van der Waals surface area contributed by atoms with E-state index < -0.39 is 17.6 Å². The van der Waals surface area contributed by atoms with E-state index in [0.717, 1.165) is 67.8 Å². The number of nitrogens with zero attached hydrogens (tertiary/aromatic N) is 3. The number of anilines is 1. The number of nitrogens with one attached hydrogen (secondary N) is 1. The number of hydrogen-bond acceptors (Lipinski definition) is 5. The van der Waals surface area contributed by atoms with Crippen LogP contribution in [0.15, 0.2) is 54.7 Å². The summed E-state index contributed by atoms with van der Waals surface area (Å²) in [6, 6.07) is 12.4. The number of alkyl halides is 3. The molecule has 3 heterocycles. The van der Waals surface area contributed by atoms with Crippen molar-refractivity contribution in [1.82, 2.24) is 15.3 Å². The second-order valence-electron chi connectivity index (χ2n) is 9.48. The lowest BCUT2D eigenvalue weighted by Crippen LogP contribution is -2.48. The molecule has 1 spiro atoms. The predicted octanol–water partition coefficient (Wildman–Crippen LogP) is 4.84. The SMILES string of the molecule is O=C(NC[C@@H]1CCC2(CCN(c3ncc4ccccc4n3)CC2)CO1)c1cccc(C(F)(F)F)c1. The smallest absolute Gasteiger partial charge is 0.376 e. The van der Waals surface area contributed by atoms with E-state index in [4.69, 9.17) is 9.72 Å². The molecule has 2 aliphatic rings. The van der Waals surface area contributed by atoms with Gasteiger partial charge in [-0.25, -0.2) is 9.97 Å². The molecule has 2 fully saturated rings. The zero-order valence-electron chi connectivity index (χ0n) is 19.2. The third-order valence-electron chi connectivity index (χ3n) is 7.15. The van der Waals surface area contributed by atoms with Gasteiger partial charge in [-0.05, 0) is 55.4 Å². The minimum atomic E-state index is -4.48. The standard InChI is InChI=1S/C26H27F3N4O2/c27-26(28,29)20-6-3-5-18(14-20)23(34)30-16-21-8-9-25(17-35-21)10-12-33(13-11-25)24-31-15-19-4-1-2-7-22(19)32-24/h1-7,14-15,21H,8-13,16-17H2,(H,30,34)/t21-/m0/s1. The average molecular weight is 485 g/mol. The Morgan fingerprint density at radius 3 is 2.66 bits per heavy atom. The van der Waals surface area contributed by atoms with E-state index in [0.29, 0.717) is 6.61 Å². The zero-order chi connectivity index (χ0) is 24.5. The van der Waals surface area contributed by atoms with Gasteiger partial charge in [-0.3, -0.25) is 4.79 Å². The second-order valence-corrected chi connectivity index (χ2v) is 9.48. The minimum absolute atomic E-state index is 0.00427. The summed E-state index contributed by atoms with van der Waals surface area (Å²) >= 11 is 0. The van der Waals surface area contributed by atoms with Crippen molar-refractivity contribution in [3.63, 3.8) is 0 Å². The number of ether oxygens (including phenoxy) is 1. The Labute approximate surface area is 201 Å². The molecule has 0 aliphatic carbocycles. The number of carbonyl (C=O) groups excluding carboxylic acids is 1. The predicted molar refractivity (Wildman–Crippen MR) is 126 cm³/mol. The van der Waals surface area contributed by atoms with E-state index in [1.165, 1.54) is 12.1 Å². The summed E-state index contributed by atoms with van der Waals surface area (Å²) in [5.41, 5.74) is 0.208. The quantitative estimate of drug-likeness (QED) is 0.574. The maximum atomic E-state index is 12.9. The van der Waals surface area contributed by atoms with Crippen LogP contribution in [0.25, 0.3) is 10.9 Å². The first-order valence-corrected chi connectivity index (χ1v) is 11.9. The first-order chi connectivity index (χ1) is 16.8. The number of benzene rings is 2. The molecule has 0 bridgehead atoms. The van der Waals surface area contributed by atoms with Crippen molar-refractivity contribution in [2.24, 2.45) is 5.41 Å². The Balaban J connectivity index is 1.11. The summed E-state index contributed by atoms with van der Waals surface area (Å²) in [6.07, 6.45) is 0.992. The molecular formula is C26H27F3N4O2. The molecule has 184 valence electrons. The van der Waals surface area contributed by atoms with Crippen molar-refractivity contribution < 1.29 is 22.7 Å². The third kappa shape index (κ3) is 5.24. The summed E-state index contributed by atoms with van der Waals surface area (Å²) in [6.45, 7) is 2.61. The van der Waals surface area contributed by atoms with Gasteiger partial charge in [0.2, 0.25) is 5.95 Å². The molecule has 0 radical (unpaired) electrons. The number of hydrogen-bond donors (Lipinski definition) is 1. The van der Waals surface area contributed by atoms with Gasteiger partial charge in [-0.1, -0.05) is 24.3 Å². The van der Waals surface area contributed by atoms with Gasteiger partial charge in [0.05, 0.1) is 23.8 Å². The number of halogens is 3. The summed E-state index contributed by atoms with van der Waals surface area (Å²) < 4.78 is 44.8. The highest BCUT2D eigenvalue weighted by atomic mass is 19.4. The van der Waals surface area contributed by atoms with Crippen LogP contribution in [0.3, 0.4) is 0 Å².